The summed E-state index contributed by atoms with van der Waals surface area (Å²) in [7, 11) is 0. The lowest BCUT2D eigenvalue weighted by Gasteiger charge is -1.92. The normalized spacial score (nSPS) is 8.89. The van der Waals surface area contributed by atoms with E-state index in [1.54, 1.807) is 10.9 Å². The highest BCUT2D eigenvalue weighted by Gasteiger charge is 1.92. The van der Waals surface area contributed by atoms with Gasteiger partial charge in [0.05, 0.1) is 11.9 Å². The first-order valence-corrected chi connectivity index (χ1v) is 2.63. The van der Waals surface area contributed by atoms with Gasteiger partial charge in [-0.2, -0.15) is 0 Å². The molecule has 0 saturated carbocycles. The Kier molecular flexibility index (Phi) is 1.50. The van der Waals surface area contributed by atoms with Crippen molar-refractivity contribution in [2.45, 2.75) is 13.5 Å². The van der Waals surface area contributed by atoms with Crippen LogP contribution < -0.4 is 0 Å². The van der Waals surface area contributed by atoms with Gasteiger partial charge in [0.1, 0.15) is 6.54 Å². The van der Waals surface area contributed by atoms with E-state index in [1.807, 2.05) is 6.92 Å². The molecule has 0 spiro atoms. The average molecular weight is 121 g/mol. The molecule has 0 aliphatic heterocycles. The van der Waals surface area contributed by atoms with Crippen molar-refractivity contribution in [3.63, 3.8) is 0 Å². The predicted octanol–water partition coefficient (Wildman–Crippen LogP) is 0.220. The summed E-state index contributed by atoms with van der Waals surface area (Å²) in [4.78, 5) is 0. The molecule has 0 radical (unpaired) electrons. The van der Waals surface area contributed by atoms with Crippen LogP contribution in [-0.4, -0.2) is 15.0 Å². The van der Waals surface area contributed by atoms with Gasteiger partial charge in [0.15, 0.2) is 0 Å². The van der Waals surface area contributed by atoms with Crippen LogP contribution in [-0.2, 0) is 6.54 Å². The molecule has 3 heteroatoms. The molecule has 0 N–H and O–H groups in total. The van der Waals surface area contributed by atoms with Crippen molar-refractivity contribution in [1.82, 2.24) is 15.0 Å². The van der Waals surface area contributed by atoms with Crippen molar-refractivity contribution in [3.8, 4) is 12.3 Å². The zero-order valence-corrected chi connectivity index (χ0v) is 5.20. The molecule has 0 fully saturated rings. The van der Waals surface area contributed by atoms with Gasteiger partial charge in [-0.25, -0.2) is 4.68 Å². The fourth-order valence-electron chi connectivity index (χ4n) is 0.552. The van der Waals surface area contributed by atoms with Crippen LogP contribution in [0.5, 0.6) is 0 Å². The molecule has 0 unspecified atom stereocenters. The molecule has 3 nitrogen and oxygen atoms in total. The quantitative estimate of drug-likeness (QED) is 0.497. The summed E-state index contributed by atoms with van der Waals surface area (Å²) in [5, 5.41) is 7.39. The summed E-state index contributed by atoms with van der Waals surface area (Å²) in [6, 6.07) is 0. The molecule has 0 aromatic carbocycles. The Balaban J connectivity index is 2.84. The number of hydrogen-bond acceptors (Lipinski definition) is 2. The monoisotopic (exact) mass is 121 g/mol. The topological polar surface area (TPSA) is 30.7 Å². The Morgan fingerprint density at radius 1 is 1.89 bits per heavy atom. The Bertz CT molecular complexity index is 231. The molecule has 0 atom stereocenters. The lowest BCUT2D eigenvalue weighted by atomic mass is 10.5. The number of aryl methyl sites for hydroxylation is 1. The second-order valence-electron chi connectivity index (χ2n) is 1.74. The van der Waals surface area contributed by atoms with Crippen molar-refractivity contribution in [1.29, 1.82) is 0 Å². The second-order valence-corrected chi connectivity index (χ2v) is 1.74. The third-order valence-electron chi connectivity index (χ3n) is 1.05. The third-order valence-corrected chi connectivity index (χ3v) is 1.05. The van der Waals surface area contributed by atoms with E-state index in [9.17, 15) is 0 Å². The highest BCUT2D eigenvalue weighted by atomic mass is 15.4. The van der Waals surface area contributed by atoms with Gasteiger partial charge in [-0.05, 0) is 6.92 Å². The highest BCUT2D eigenvalue weighted by molar-refractivity contribution is 4.93. The number of aromatic nitrogens is 3. The summed E-state index contributed by atoms with van der Waals surface area (Å²) in [5.74, 6) is 2.47. The van der Waals surface area contributed by atoms with E-state index in [0.29, 0.717) is 6.54 Å². The predicted molar refractivity (Wildman–Crippen MR) is 33.6 cm³/mol. The first-order valence-electron chi connectivity index (χ1n) is 2.63. The standard InChI is InChI=1S/C6H7N3/c1-3-4-9-6(2)5-7-8-9/h1,5H,4H2,2H3. The van der Waals surface area contributed by atoms with Crippen LogP contribution in [0.25, 0.3) is 0 Å². The molecule has 46 valence electrons. The van der Waals surface area contributed by atoms with Gasteiger partial charge >= 0.3 is 0 Å². The first-order chi connectivity index (χ1) is 4.34. The summed E-state index contributed by atoms with van der Waals surface area (Å²) in [5.41, 5.74) is 0.993. The minimum atomic E-state index is 0.506. The molecule has 1 aromatic rings. The maximum absolute atomic E-state index is 5.05. The van der Waals surface area contributed by atoms with Crippen molar-refractivity contribution >= 4 is 0 Å². The number of rotatable bonds is 1. The maximum atomic E-state index is 5.05. The number of terminal acetylenes is 1. The van der Waals surface area contributed by atoms with Gasteiger partial charge < -0.3 is 0 Å². The second kappa shape index (κ2) is 2.31. The van der Waals surface area contributed by atoms with E-state index in [4.69, 9.17) is 6.42 Å². The number of hydrogen-bond donors (Lipinski definition) is 0. The van der Waals surface area contributed by atoms with Crippen molar-refractivity contribution in [2.24, 2.45) is 0 Å². The van der Waals surface area contributed by atoms with Crippen LogP contribution in [0.3, 0.4) is 0 Å². The van der Waals surface area contributed by atoms with Crippen LogP contribution in [0.2, 0.25) is 0 Å². The van der Waals surface area contributed by atoms with E-state index in [-0.39, 0.29) is 0 Å². The van der Waals surface area contributed by atoms with Crippen LogP contribution in [0.1, 0.15) is 5.69 Å². The van der Waals surface area contributed by atoms with Gasteiger partial charge in [0.25, 0.3) is 0 Å². The Morgan fingerprint density at radius 2 is 2.67 bits per heavy atom. The van der Waals surface area contributed by atoms with E-state index in [1.165, 1.54) is 0 Å². The van der Waals surface area contributed by atoms with E-state index in [0.717, 1.165) is 5.69 Å². The zero-order valence-electron chi connectivity index (χ0n) is 5.20. The van der Waals surface area contributed by atoms with Crippen LogP contribution in [0.4, 0.5) is 0 Å². The Labute approximate surface area is 53.7 Å². The van der Waals surface area contributed by atoms with Crippen molar-refractivity contribution in [3.05, 3.63) is 11.9 Å². The SMILES string of the molecule is C#CCn1nncc1C. The zero-order chi connectivity index (χ0) is 6.69. The Morgan fingerprint density at radius 3 is 3.11 bits per heavy atom. The summed E-state index contributed by atoms with van der Waals surface area (Å²) in [6.45, 7) is 2.42. The molecule has 9 heavy (non-hydrogen) atoms. The molecule has 0 saturated heterocycles. The molecule has 1 rings (SSSR count). The third kappa shape index (κ3) is 1.08. The molecule has 0 amide bonds. The van der Waals surface area contributed by atoms with Gasteiger partial charge in [-0.3, -0.25) is 0 Å². The van der Waals surface area contributed by atoms with E-state index in [2.05, 4.69) is 16.2 Å². The fraction of sp³-hybridized carbons (Fsp3) is 0.333. The molecular weight excluding hydrogens is 114 g/mol. The van der Waals surface area contributed by atoms with Crippen LogP contribution in [0.15, 0.2) is 6.20 Å². The Hall–Kier alpha value is -1.30. The van der Waals surface area contributed by atoms with E-state index < -0.39 is 0 Å². The van der Waals surface area contributed by atoms with Gasteiger partial charge in [0, 0.05) is 0 Å². The molecular formula is C6H7N3. The van der Waals surface area contributed by atoms with Crippen molar-refractivity contribution in [2.75, 3.05) is 0 Å². The summed E-state index contributed by atoms with van der Waals surface area (Å²) in [6.07, 6.45) is 6.73. The molecule has 0 bridgehead atoms. The lowest BCUT2D eigenvalue weighted by molar-refractivity contribution is 0.655. The summed E-state index contributed by atoms with van der Waals surface area (Å²) < 4.78 is 1.67. The maximum Gasteiger partial charge on any atom is 0.103 e. The fourth-order valence-corrected chi connectivity index (χ4v) is 0.552. The smallest absolute Gasteiger partial charge is 0.103 e. The van der Waals surface area contributed by atoms with Gasteiger partial charge in [-0.1, -0.05) is 11.1 Å². The minimum absolute atomic E-state index is 0.506. The van der Waals surface area contributed by atoms with Gasteiger partial charge in [0.2, 0.25) is 0 Å². The van der Waals surface area contributed by atoms with Crippen LogP contribution in [0, 0.1) is 19.3 Å². The summed E-state index contributed by atoms with van der Waals surface area (Å²) >= 11 is 0. The average Bonchev–Trinajstić information content (AvgIpc) is 2.18. The first kappa shape index (κ1) is 5.83. The molecule has 0 aliphatic rings. The van der Waals surface area contributed by atoms with E-state index >= 15 is 0 Å². The van der Waals surface area contributed by atoms with Crippen LogP contribution >= 0.6 is 0 Å². The largest absolute Gasteiger partial charge is 0.238 e. The molecule has 1 aromatic heterocycles. The number of nitrogens with zero attached hydrogens (tertiary/aromatic N) is 3. The lowest BCUT2D eigenvalue weighted by Crippen LogP contribution is -1.99. The minimum Gasteiger partial charge on any atom is -0.238 e. The van der Waals surface area contributed by atoms with Crippen molar-refractivity contribution < 1.29 is 0 Å². The molecule has 1 heterocycles. The molecule has 0 aliphatic carbocycles. The highest BCUT2D eigenvalue weighted by Crippen LogP contribution is 1.89. The van der Waals surface area contributed by atoms with Gasteiger partial charge in [-0.15, -0.1) is 11.5 Å².